The molecule has 1 saturated carbocycles. The summed E-state index contributed by atoms with van der Waals surface area (Å²) in [5.41, 5.74) is -0.389. The van der Waals surface area contributed by atoms with Crippen molar-refractivity contribution in [1.82, 2.24) is 14.5 Å². The number of unbranched alkanes of at least 4 members (excludes halogenated alkanes) is 1. The van der Waals surface area contributed by atoms with E-state index in [0.717, 1.165) is 25.4 Å². The topological polar surface area (TPSA) is 56.0 Å². The molecular formula is C13H21N3O2. The van der Waals surface area contributed by atoms with Crippen LogP contribution < -0.4 is 16.6 Å². The van der Waals surface area contributed by atoms with Crippen molar-refractivity contribution in [3.63, 3.8) is 0 Å². The van der Waals surface area contributed by atoms with E-state index in [1.54, 1.807) is 10.8 Å². The molecule has 1 aromatic heterocycles. The Balaban J connectivity index is 1.87. The number of hydrogen-bond acceptors (Lipinski definition) is 3. The molecule has 5 heteroatoms. The first-order valence-corrected chi connectivity index (χ1v) is 6.76. The van der Waals surface area contributed by atoms with E-state index in [1.165, 1.54) is 23.5 Å². The molecule has 0 atom stereocenters. The molecule has 1 aliphatic rings. The summed E-state index contributed by atoms with van der Waals surface area (Å²) in [7, 11) is 0. The van der Waals surface area contributed by atoms with Crippen molar-refractivity contribution in [2.75, 3.05) is 6.54 Å². The average Bonchev–Trinajstić information content (AvgIpc) is 3.17. The molecule has 0 aliphatic heterocycles. The van der Waals surface area contributed by atoms with Crippen molar-refractivity contribution in [3.8, 4) is 0 Å². The van der Waals surface area contributed by atoms with Crippen LogP contribution in [-0.2, 0) is 13.1 Å². The molecule has 1 N–H and O–H groups in total. The van der Waals surface area contributed by atoms with Crippen molar-refractivity contribution in [2.24, 2.45) is 0 Å². The molecule has 1 heterocycles. The third-order valence-corrected chi connectivity index (χ3v) is 3.30. The van der Waals surface area contributed by atoms with Gasteiger partial charge in [0.1, 0.15) is 0 Å². The Morgan fingerprint density at radius 1 is 1.33 bits per heavy atom. The molecule has 0 radical (unpaired) electrons. The normalized spacial score (nSPS) is 14.9. The van der Waals surface area contributed by atoms with Crippen LogP contribution in [-0.4, -0.2) is 21.7 Å². The Bertz CT molecular complexity index is 500. The van der Waals surface area contributed by atoms with Gasteiger partial charge in [-0.3, -0.25) is 9.36 Å². The van der Waals surface area contributed by atoms with Crippen LogP contribution in [0.15, 0.2) is 21.9 Å². The van der Waals surface area contributed by atoms with E-state index < -0.39 is 0 Å². The van der Waals surface area contributed by atoms with Gasteiger partial charge < -0.3 is 9.88 Å². The summed E-state index contributed by atoms with van der Waals surface area (Å²) in [5.74, 6) is 0. The number of rotatable bonds is 7. The lowest BCUT2D eigenvalue weighted by atomic mass is 10.3. The van der Waals surface area contributed by atoms with E-state index in [4.69, 9.17) is 0 Å². The van der Waals surface area contributed by atoms with Crippen molar-refractivity contribution < 1.29 is 0 Å². The van der Waals surface area contributed by atoms with Crippen LogP contribution in [0.4, 0.5) is 0 Å². The second-order valence-corrected chi connectivity index (χ2v) is 4.81. The van der Waals surface area contributed by atoms with E-state index >= 15 is 0 Å². The fraction of sp³-hybridized carbons (Fsp3) is 0.692. The maximum absolute atomic E-state index is 11.9. The van der Waals surface area contributed by atoms with Crippen molar-refractivity contribution in [2.45, 2.75) is 51.7 Å². The molecule has 0 unspecified atom stereocenters. The van der Waals surface area contributed by atoms with Crippen LogP contribution in [0.2, 0.25) is 0 Å². The second kappa shape index (κ2) is 6.00. The van der Waals surface area contributed by atoms with Gasteiger partial charge in [-0.15, -0.1) is 0 Å². The Labute approximate surface area is 106 Å². The molecule has 0 spiro atoms. The Morgan fingerprint density at radius 2 is 2.11 bits per heavy atom. The predicted molar refractivity (Wildman–Crippen MR) is 70.9 cm³/mol. The monoisotopic (exact) mass is 251 g/mol. The van der Waals surface area contributed by atoms with Gasteiger partial charge in [-0.05, 0) is 39.2 Å². The number of hydrogen-bond donors (Lipinski definition) is 1. The molecule has 0 amide bonds. The number of aromatic nitrogens is 2. The molecule has 5 nitrogen and oxygen atoms in total. The standard InChI is InChI=1S/C13H21N3O2/c1-2-15-10-7-12(17)16(13(15)18)9-4-3-8-14-11-5-6-11/h7,10-11,14H,2-6,8-9H2,1H3. The first-order valence-electron chi connectivity index (χ1n) is 6.76. The van der Waals surface area contributed by atoms with Gasteiger partial charge >= 0.3 is 5.69 Å². The molecular weight excluding hydrogens is 230 g/mol. The SMILES string of the molecule is CCn1ccc(=O)n(CCCCNC2CC2)c1=O. The molecule has 1 aliphatic carbocycles. The summed E-state index contributed by atoms with van der Waals surface area (Å²) in [6.45, 7) is 4.00. The van der Waals surface area contributed by atoms with E-state index in [2.05, 4.69) is 5.32 Å². The molecule has 1 aromatic rings. The quantitative estimate of drug-likeness (QED) is 0.721. The Hall–Kier alpha value is -1.36. The fourth-order valence-electron chi connectivity index (χ4n) is 1.99. The highest BCUT2D eigenvalue weighted by Crippen LogP contribution is 2.18. The fourth-order valence-corrected chi connectivity index (χ4v) is 1.99. The lowest BCUT2D eigenvalue weighted by molar-refractivity contribution is 0.517. The van der Waals surface area contributed by atoms with Crippen molar-refractivity contribution in [3.05, 3.63) is 33.1 Å². The number of nitrogens with zero attached hydrogens (tertiary/aromatic N) is 2. The third kappa shape index (κ3) is 3.32. The van der Waals surface area contributed by atoms with E-state index in [-0.39, 0.29) is 11.2 Å². The third-order valence-electron chi connectivity index (χ3n) is 3.30. The van der Waals surface area contributed by atoms with Crippen LogP contribution >= 0.6 is 0 Å². The van der Waals surface area contributed by atoms with Gasteiger partial charge in [0.25, 0.3) is 5.56 Å². The first-order chi connectivity index (χ1) is 8.72. The second-order valence-electron chi connectivity index (χ2n) is 4.81. The van der Waals surface area contributed by atoms with Gasteiger partial charge in [0.2, 0.25) is 0 Å². The van der Waals surface area contributed by atoms with Crippen LogP contribution in [0.25, 0.3) is 0 Å². The zero-order valence-electron chi connectivity index (χ0n) is 10.9. The minimum absolute atomic E-state index is 0.194. The molecule has 0 aromatic carbocycles. The van der Waals surface area contributed by atoms with Gasteiger partial charge in [-0.1, -0.05) is 0 Å². The molecule has 18 heavy (non-hydrogen) atoms. The summed E-state index contributed by atoms with van der Waals surface area (Å²) in [6.07, 6.45) is 6.01. The Kier molecular flexibility index (Phi) is 4.36. The van der Waals surface area contributed by atoms with Crippen molar-refractivity contribution >= 4 is 0 Å². The largest absolute Gasteiger partial charge is 0.330 e. The van der Waals surface area contributed by atoms with Crippen LogP contribution in [0, 0.1) is 0 Å². The molecule has 1 fully saturated rings. The van der Waals surface area contributed by atoms with Crippen LogP contribution in [0.5, 0.6) is 0 Å². The number of aryl methyl sites for hydroxylation is 1. The summed E-state index contributed by atoms with van der Waals surface area (Å²) < 4.78 is 2.89. The molecule has 0 bridgehead atoms. The predicted octanol–water partition coefficient (Wildman–Crippen LogP) is 0.562. The number of nitrogens with one attached hydrogen (secondary N) is 1. The van der Waals surface area contributed by atoms with Crippen LogP contribution in [0.1, 0.15) is 32.6 Å². The van der Waals surface area contributed by atoms with Gasteiger partial charge in [-0.2, -0.15) is 0 Å². The summed E-state index contributed by atoms with van der Waals surface area (Å²) >= 11 is 0. The molecule has 0 saturated heterocycles. The van der Waals surface area contributed by atoms with E-state index in [9.17, 15) is 9.59 Å². The lowest BCUT2D eigenvalue weighted by Gasteiger charge is -2.08. The van der Waals surface area contributed by atoms with Gasteiger partial charge in [0.15, 0.2) is 0 Å². The smallest absolute Gasteiger partial charge is 0.314 e. The maximum atomic E-state index is 11.9. The lowest BCUT2D eigenvalue weighted by Crippen LogP contribution is -2.38. The van der Waals surface area contributed by atoms with Gasteiger partial charge in [-0.25, -0.2) is 4.79 Å². The summed E-state index contributed by atoms with van der Waals surface area (Å²) in [5, 5.41) is 3.42. The Morgan fingerprint density at radius 3 is 2.78 bits per heavy atom. The van der Waals surface area contributed by atoms with E-state index in [0.29, 0.717) is 13.1 Å². The minimum atomic E-state index is -0.195. The van der Waals surface area contributed by atoms with Gasteiger partial charge in [0.05, 0.1) is 0 Å². The highest BCUT2D eigenvalue weighted by atomic mass is 16.2. The maximum Gasteiger partial charge on any atom is 0.330 e. The van der Waals surface area contributed by atoms with E-state index in [1.807, 2.05) is 6.92 Å². The zero-order valence-corrected chi connectivity index (χ0v) is 10.9. The molecule has 2 rings (SSSR count). The average molecular weight is 251 g/mol. The zero-order chi connectivity index (χ0) is 13.0. The van der Waals surface area contributed by atoms with Crippen molar-refractivity contribution in [1.29, 1.82) is 0 Å². The van der Waals surface area contributed by atoms with Gasteiger partial charge in [0, 0.05) is 31.4 Å². The summed E-state index contributed by atoms with van der Waals surface area (Å²) in [6, 6.07) is 2.19. The van der Waals surface area contributed by atoms with Crippen LogP contribution in [0.3, 0.4) is 0 Å². The summed E-state index contributed by atoms with van der Waals surface area (Å²) in [4.78, 5) is 23.5. The minimum Gasteiger partial charge on any atom is -0.314 e. The highest BCUT2D eigenvalue weighted by molar-refractivity contribution is 4.86. The first kappa shape index (κ1) is 13.1. The molecule has 100 valence electrons. The highest BCUT2D eigenvalue weighted by Gasteiger charge is 2.19.